The Kier molecular flexibility index (Phi) is 5.10. The van der Waals surface area contributed by atoms with Crippen molar-refractivity contribution in [2.75, 3.05) is 13.6 Å². The number of hydrogen-bond donors (Lipinski definition) is 0. The van der Waals surface area contributed by atoms with Crippen LogP contribution in [0.25, 0.3) is 0 Å². The molecule has 0 radical (unpaired) electrons. The summed E-state index contributed by atoms with van der Waals surface area (Å²) in [7, 11) is 1.98. The molecular formula is C21H28N4O. The van der Waals surface area contributed by atoms with Crippen LogP contribution in [0.4, 0.5) is 0 Å². The van der Waals surface area contributed by atoms with Gasteiger partial charge in [0.05, 0.1) is 18.8 Å². The highest BCUT2D eigenvalue weighted by Gasteiger charge is 2.27. The van der Waals surface area contributed by atoms with Crippen LogP contribution in [0.5, 0.6) is 0 Å². The summed E-state index contributed by atoms with van der Waals surface area (Å²) in [6.07, 6.45) is 1.88. The van der Waals surface area contributed by atoms with E-state index in [2.05, 4.69) is 61.8 Å². The van der Waals surface area contributed by atoms with E-state index < -0.39 is 0 Å². The molecule has 2 aromatic rings. The summed E-state index contributed by atoms with van der Waals surface area (Å²) >= 11 is 0. The van der Waals surface area contributed by atoms with E-state index in [-0.39, 0.29) is 11.3 Å². The van der Waals surface area contributed by atoms with Gasteiger partial charge in [-0.1, -0.05) is 50.6 Å². The molecule has 1 aromatic carbocycles. The molecule has 0 atom stereocenters. The number of amides is 1. The van der Waals surface area contributed by atoms with Crippen molar-refractivity contribution in [3.63, 3.8) is 0 Å². The van der Waals surface area contributed by atoms with E-state index in [1.807, 2.05) is 18.1 Å². The largest absolute Gasteiger partial charge is 0.331 e. The Hall–Kier alpha value is -2.27. The van der Waals surface area contributed by atoms with Crippen LogP contribution >= 0.6 is 0 Å². The van der Waals surface area contributed by atoms with Crippen molar-refractivity contribution in [3.05, 3.63) is 58.7 Å². The van der Waals surface area contributed by atoms with Crippen molar-refractivity contribution < 1.29 is 4.79 Å². The molecule has 3 rings (SSSR count). The predicted octanol–water partition coefficient (Wildman–Crippen LogP) is 3.06. The van der Waals surface area contributed by atoms with Crippen LogP contribution in [0.3, 0.4) is 0 Å². The second-order valence-corrected chi connectivity index (χ2v) is 8.32. The van der Waals surface area contributed by atoms with Gasteiger partial charge in [0.2, 0.25) is 5.91 Å². The number of hydrogen-bond acceptors (Lipinski definition) is 4. The summed E-state index contributed by atoms with van der Waals surface area (Å²) < 4.78 is 0. The number of aromatic nitrogens is 2. The average molecular weight is 352 g/mol. The fourth-order valence-electron chi connectivity index (χ4n) is 3.08. The van der Waals surface area contributed by atoms with Crippen molar-refractivity contribution in [1.29, 1.82) is 0 Å². The van der Waals surface area contributed by atoms with Gasteiger partial charge in [-0.3, -0.25) is 9.69 Å². The van der Waals surface area contributed by atoms with Gasteiger partial charge in [-0.25, -0.2) is 9.97 Å². The first-order chi connectivity index (χ1) is 12.2. The fourth-order valence-corrected chi connectivity index (χ4v) is 3.08. The SMILES string of the molecule is Cc1ccc(CN(C)CC(=O)N2Cc3cnc(C(C)(C)C)nc3C2)cc1. The Bertz CT molecular complexity index is 793. The minimum Gasteiger partial charge on any atom is -0.331 e. The summed E-state index contributed by atoms with van der Waals surface area (Å²) in [6.45, 7) is 10.7. The van der Waals surface area contributed by atoms with Crippen molar-refractivity contribution in [2.45, 2.75) is 52.7 Å². The minimum absolute atomic E-state index is 0.0826. The molecule has 26 heavy (non-hydrogen) atoms. The maximum atomic E-state index is 12.7. The highest BCUT2D eigenvalue weighted by molar-refractivity contribution is 5.78. The van der Waals surface area contributed by atoms with Gasteiger partial charge in [-0.2, -0.15) is 0 Å². The Morgan fingerprint density at radius 2 is 1.88 bits per heavy atom. The number of rotatable bonds is 4. The molecule has 5 nitrogen and oxygen atoms in total. The summed E-state index contributed by atoms with van der Waals surface area (Å²) in [5.74, 6) is 0.969. The minimum atomic E-state index is -0.0826. The Morgan fingerprint density at radius 1 is 1.19 bits per heavy atom. The third-order valence-electron chi connectivity index (χ3n) is 4.66. The zero-order chi connectivity index (χ0) is 18.9. The molecule has 0 bridgehead atoms. The van der Waals surface area contributed by atoms with Crippen molar-refractivity contribution in [2.24, 2.45) is 0 Å². The van der Waals surface area contributed by atoms with Crippen LogP contribution in [0, 0.1) is 6.92 Å². The second kappa shape index (κ2) is 7.16. The first-order valence-corrected chi connectivity index (χ1v) is 9.09. The fraction of sp³-hybridized carbons (Fsp3) is 0.476. The number of likely N-dealkylation sites (N-methyl/N-ethyl adjacent to an activating group) is 1. The molecule has 0 unspecified atom stereocenters. The van der Waals surface area contributed by atoms with Crippen LogP contribution in [0.15, 0.2) is 30.5 Å². The summed E-state index contributed by atoms with van der Waals surface area (Å²) in [6, 6.07) is 8.44. The monoisotopic (exact) mass is 352 g/mol. The van der Waals surface area contributed by atoms with E-state index in [1.54, 1.807) is 0 Å². The second-order valence-electron chi connectivity index (χ2n) is 8.32. The maximum absolute atomic E-state index is 12.7. The molecule has 0 N–H and O–H groups in total. The van der Waals surface area contributed by atoms with Gasteiger partial charge < -0.3 is 4.90 Å². The van der Waals surface area contributed by atoms with E-state index in [9.17, 15) is 4.79 Å². The van der Waals surface area contributed by atoms with Crippen LogP contribution < -0.4 is 0 Å². The van der Waals surface area contributed by atoms with Crippen molar-refractivity contribution in [3.8, 4) is 0 Å². The van der Waals surface area contributed by atoms with Gasteiger partial charge in [0.15, 0.2) is 0 Å². The molecule has 1 aromatic heterocycles. The molecule has 0 saturated carbocycles. The number of aryl methyl sites for hydroxylation is 1. The van der Waals surface area contributed by atoms with Crippen molar-refractivity contribution in [1.82, 2.24) is 19.8 Å². The standard InChI is InChI=1S/C21H28N4O/c1-15-6-8-16(9-7-15)11-24(5)14-19(26)25-12-17-10-22-20(21(2,3)4)23-18(17)13-25/h6-10H,11-14H2,1-5H3. The zero-order valence-corrected chi connectivity index (χ0v) is 16.4. The molecule has 1 aliphatic rings. The maximum Gasteiger partial charge on any atom is 0.237 e. The number of benzene rings is 1. The number of fused-ring (bicyclic) bond motifs is 1. The first kappa shape index (κ1) is 18.5. The van der Waals surface area contributed by atoms with E-state index in [4.69, 9.17) is 4.98 Å². The topological polar surface area (TPSA) is 49.3 Å². The van der Waals surface area contributed by atoms with Gasteiger partial charge in [-0.05, 0) is 19.5 Å². The number of carbonyl (C=O) groups excluding carboxylic acids is 1. The molecule has 138 valence electrons. The Labute approximate surface area is 156 Å². The lowest BCUT2D eigenvalue weighted by molar-refractivity contribution is -0.132. The summed E-state index contributed by atoms with van der Waals surface area (Å²) in [4.78, 5) is 25.8. The molecule has 0 spiro atoms. The van der Waals surface area contributed by atoms with Crippen LogP contribution in [0.2, 0.25) is 0 Å². The smallest absolute Gasteiger partial charge is 0.237 e. The first-order valence-electron chi connectivity index (χ1n) is 9.09. The highest BCUT2D eigenvalue weighted by atomic mass is 16.2. The van der Waals surface area contributed by atoms with Crippen molar-refractivity contribution >= 4 is 5.91 Å². The van der Waals surface area contributed by atoms with E-state index in [0.717, 1.165) is 23.6 Å². The zero-order valence-electron chi connectivity index (χ0n) is 16.4. The normalized spacial score (nSPS) is 14.0. The summed E-state index contributed by atoms with van der Waals surface area (Å²) in [5.41, 5.74) is 4.43. The quantitative estimate of drug-likeness (QED) is 0.849. The van der Waals surface area contributed by atoms with Gasteiger partial charge in [0.25, 0.3) is 0 Å². The molecule has 1 aliphatic heterocycles. The molecule has 1 amide bonds. The van der Waals surface area contributed by atoms with E-state index in [1.165, 1.54) is 11.1 Å². The summed E-state index contributed by atoms with van der Waals surface area (Å²) in [5, 5.41) is 0. The molecule has 0 saturated heterocycles. The highest BCUT2D eigenvalue weighted by Crippen LogP contribution is 2.24. The lowest BCUT2D eigenvalue weighted by atomic mass is 9.95. The van der Waals surface area contributed by atoms with Crippen LogP contribution in [-0.2, 0) is 29.8 Å². The predicted molar refractivity (Wildman–Crippen MR) is 102 cm³/mol. The number of nitrogens with zero attached hydrogens (tertiary/aromatic N) is 4. The van der Waals surface area contributed by atoms with E-state index >= 15 is 0 Å². The lowest BCUT2D eigenvalue weighted by Crippen LogP contribution is -2.35. The molecule has 5 heteroatoms. The number of carbonyl (C=O) groups is 1. The third kappa shape index (κ3) is 4.28. The van der Waals surface area contributed by atoms with Gasteiger partial charge in [0.1, 0.15) is 5.82 Å². The molecule has 2 heterocycles. The lowest BCUT2D eigenvalue weighted by Gasteiger charge is -2.21. The molecule has 0 aliphatic carbocycles. The molecular weight excluding hydrogens is 324 g/mol. The van der Waals surface area contributed by atoms with Crippen LogP contribution in [-0.4, -0.2) is 39.3 Å². The Balaban J connectivity index is 1.59. The van der Waals surface area contributed by atoms with E-state index in [0.29, 0.717) is 19.6 Å². The van der Waals surface area contributed by atoms with Crippen LogP contribution in [0.1, 0.15) is 49.0 Å². The van der Waals surface area contributed by atoms with Gasteiger partial charge in [0, 0.05) is 30.3 Å². The van der Waals surface area contributed by atoms with Gasteiger partial charge >= 0.3 is 0 Å². The Morgan fingerprint density at radius 3 is 2.54 bits per heavy atom. The molecule has 0 fully saturated rings. The van der Waals surface area contributed by atoms with Gasteiger partial charge in [-0.15, -0.1) is 0 Å². The third-order valence-corrected chi connectivity index (χ3v) is 4.66. The average Bonchev–Trinajstić information content (AvgIpc) is 2.99.